The molecule has 1 aromatic carbocycles. The zero-order valence-corrected chi connectivity index (χ0v) is 20.3. The molecule has 4 rings (SSSR count). The average molecular weight is 501 g/mol. The molecule has 2 aromatic heterocycles. The van der Waals surface area contributed by atoms with Gasteiger partial charge in [0.25, 0.3) is 5.69 Å². The Hall–Kier alpha value is -3.58. The molecule has 0 aliphatic carbocycles. The molecule has 35 heavy (non-hydrogen) atoms. The predicted octanol–water partition coefficient (Wildman–Crippen LogP) is 2.91. The van der Waals surface area contributed by atoms with Crippen molar-refractivity contribution in [1.82, 2.24) is 24.8 Å². The monoisotopic (exact) mass is 500 g/mol. The topological polar surface area (TPSA) is 144 Å². The van der Waals surface area contributed by atoms with E-state index in [1.54, 1.807) is 13.1 Å². The molecule has 3 aromatic rings. The number of tetrazole rings is 1. The number of hydrogen-bond acceptors (Lipinski definition) is 10. The number of ether oxygens (including phenoxy) is 2. The minimum atomic E-state index is -0.827. The second-order valence-electron chi connectivity index (χ2n) is 8.16. The molecule has 12 nitrogen and oxygen atoms in total. The molecular weight excluding hydrogens is 476 g/mol. The van der Waals surface area contributed by atoms with Crippen LogP contribution in [0.3, 0.4) is 0 Å². The number of nitrogens with zero attached hydrogens (tertiary/aromatic N) is 6. The predicted molar refractivity (Wildman–Crippen MR) is 124 cm³/mol. The van der Waals surface area contributed by atoms with Gasteiger partial charge in [-0.15, -0.1) is 5.10 Å². The lowest BCUT2D eigenvalue weighted by atomic mass is 10.1. The summed E-state index contributed by atoms with van der Waals surface area (Å²) in [5.41, 5.74) is 1.86. The Bertz CT molecular complexity index is 1280. The number of rotatable bonds is 9. The van der Waals surface area contributed by atoms with Crippen LogP contribution in [0.5, 0.6) is 0 Å². The summed E-state index contributed by atoms with van der Waals surface area (Å²) in [6.07, 6.45) is 2.14. The normalized spacial score (nSPS) is 15.3. The maximum absolute atomic E-state index is 12.8. The van der Waals surface area contributed by atoms with E-state index in [4.69, 9.17) is 9.47 Å². The van der Waals surface area contributed by atoms with Gasteiger partial charge in [-0.1, -0.05) is 0 Å². The van der Waals surface area contributed by atoms with Crippen molar-refractivity contribution in [2.45, 2.75) is 49.4 Å². The highest BCUT2D eigenvalue weighted by molar-refractivity contribution is 7.99. The van der Waals surface area contributed by atoms with Crippen molar-refractivity contribution in [2.75, 3.05) is 13.2 Å². The standard InChI is InChI=1S/C22H24N6O6S/c1-13-9-17(14(2)27(13)11-16-5-4-8-33-16)19(29)12-34-21(30)15-6-7-20(18(10-15)28(31)32)35-22-23-24-25-26(22)3/h6-7,9-10,16H,4-5,8,11-12H2,1-3H3/t16-/m1/s1. The second kappa shape index (κ2) is 10.4. The van der Waals surface area contributed by atoms with Gasteiger partial charge in [-0.25, -0.2) is 9.48 Å². The zero-order valence-electron chi connectivity index (χ0n) is 19.5. The molecule has 1 aliphatic rings. The van der Waals surface area contributed by atoms with E-state index in [1.165, 1.54) is 16.8 Å². The Labute approximate surface area is 204 Å². The number of carbonyl (C=O) groups is 2. The van der Waals surface area contributed by atoms with Gasteiger partial charge in [0.2, 0.25) is 10.9 Å². The summed E-state index contributed by atoms with van der Waals surface area (Å²) in [7, 11) is 1.61. The van der Waals surface area contributed by atoms with E-state index in [0.29, 0.717) is 17.3 Å². The molecule has 3 heterocycles. The number of aryl methyl sites for hydroxylation is 2. The molecule has 1 fully saturated rings. The van der Waals surface area contributed by atoms with Gasteiger partial charge in [0.15, 0.2) is 6.61 Å². The van der Waals surface area contributed by atoms with Gasteiger partial charge < -0.3 is 14.0 Å². The number of nitro groups is 1. The molecule has 0 unspecified atom stereocenters. The van der Waals surface area contributed by atoms with E-state index in [0.717, 1.165) is 48.7 Å². The maximum Gasteiger partial charge on any atom is 0.338 e. The van der Waals surface area contributed by atoms with Crippen LogP contribution in [-0.4, -0.2) is 60.8 Å². The smallest absolute Gasteiger partial charge is 0.338 e. The van der Waals surface area contributed by atoms with Gasteiger partial charge in [0.05, 0.1) is 21.5 Å². The first-order valence-corrected chi connectivity index (χ1v) is 11.7. The average Bonchev–Trinajstić information content (AvgIpc) is 3.56. The van der Waals surface area contributed by atoms with Crippen molar-refractivity contribution in [1.29, 1.82) is 0 Å². The number of esters is 1. The fourth-order valence-electron chi connectivity index (χ4n) is 3.93. The first kappa shape index (κ1) is 24.5. The van der Waals surface area contributed by atoms with Crippen molar-refractivity contribution in [3.8, 4) is 0 Å². The van der Waals surface area contributed by atoms with E-state index in [1.807, 2.05) is 18.4 Å². The number of ketones is 1. The Kier molecular flexibility index (Phi) is 7.26. The molecule has 0 amide bonds. The third-order valence-electron chi connectivity index (χ3n) is 5.79. The summed E-state index contributed by atoms with van der Waals surface area (Å²) in [5.74, 6) is -1.17. The lowest BCUT2D eigenvalue weighted by Crippen LogP contribution is -2.18. The van der Waals surface area contributed by atoms with Crippen LogP contribution in [-0.2, 0) is 23.1 Å². The molecule has 184 valence electrons. The number of aromatic nitrogens is 5. The fourth-order valence-corrected chi connectivity index (χ4v) is 4.74. The quantitative estimate of drug-likeness (QED) is 0.186. The van der Waals surface area contributed by atoms with Crippen LogP contribution in [0, 0.1) is 24.0 Å². The molecule has 0 N–H and O–H groups in total. The summed E-state index contributed by atoms with van der Waals surface area (Å²) in [4.78, 5) is 36.6. The Morgan fingerprint density at radius 2 is 2.11 bits per heavy atom. The van der Waals surface area contributed by atoms with Gasteiger partial charge in [-0.2, -0.15) is 0 Å². The largest absolute Gasteiger partial charge is 0.454 e. The van der Waals surface area contributed by atoms with Crippen molar-refractivity contribution in [2.24, 2.45) is 7.05 Å². The van der Waals surface area contributed by atoms with E-state index in [9.17, 15) is 19.7 Å². The number of Topliss-reactive ketones (excluding diaryl/α,β-unsaturated/α-hetero) is 1. The number of nitro benzene ring substituents is 1. The highest BCUT2D eigenvalue weighted by Gasteiger charge is 2.24. The van der Waals surface area contributed by atoms with Crippen molar-refractivity contribution >= 4 is 29.2 Å². The van der Waals surface area contributed by atoms with Gasteiger partial charge >= 0.3 is 5.97 Å². The van der Waals surface area contributed by atoms with Crippen molar-refractivity contribution < 1.29 is 24.0 Å². The van der Waals surface area contributed by atoms with Crippen molar-refractivity contribution in [3.05, 3.63) is 56.9 Å². The number of benzene rings is 1. The third-order valence-corrected chi connectivity index (χ3v) is 6.89. The second-order valence-corrected chi connectivity index (χ2v) is 9.17. The molecule has 0 spiro atoms. The highest BCUT2D eigenvalue weighted by atomic mass is 32.2. The lowest BCUT2D eigenvalue weighted by Gasteiger charge is -2.14. The van der Waals surface area contributed by atoms with Crippen LogP contribution in [0.25, 0.3) is 0 Å². The van der Waals surface area contributed by atoms with Gasteiger partial charge in [0, 0.05) is 43.2 Å². The van der Waals surface area contributed by atoms with Crippen LogP contribution in [0.15, 0.2) is 34.3 Å². The Morgan fingerprint density at radius 3 is 2.77 bits per heavy atom. The SMILES string of the molecule is Cc1cc(C(=O)COC(=O)c2ccc(Sc3nnnn3C)c([N+](=O)[O-])c2)c(C)n1C[C@H]1CCCO1. The van der Waals surface area contributed by atoms with E-state index >= 15 is 0 Å². The summed E-state index contributed by atoms with van der Waals surface area (Å²) >= 11 is 0.996. The first-order chi connectivity index (χ1) is 16.7. The summed E-state index contributed by atoms with van der Waals surface area (Å²) in [6, 6.07) is 5.72. The summed E-state index contributed by atoms with van der Waals surface area (Å²) in [5, 5.41) is 22.9. The molecule has 0 bridgehead atoms. The minimum absolute atomic E-state index is 0.0335. The maximum atomic E-state index is 12.8. The number of carbonyl (C=O) groups excluding carboxylic acids is 2. The van der Waals surface area contributed by atoms with Crippen molar-refractivity contribution in [3.63, 3.8) is 0 Å². The van der Waals surface area contributed by atoms with E-state index in [-0.39, 0.29) is 28.0 Å². The van der Waals surface area contributed by atoms with Crippen LogP contribution in [0.1, 0.15) is 44.9 Å². The first-order valence-electron chi connectivity index (χ1n) is 10.9. The van der Waals surface area contributed by atoms with Crippen LogP contribution < -0.4 is 0 Å². The van der Waals surface area contributed by atoms with Gasteiger partial charge in [-0.05, 0) is 67.1 Å². The van der Waals surface area contributed by atoms with Crippen LogP contribution in [0.4, 0.5) is 5.69 Å². The molecular formula is C22H24N6O6S. The lowest BCUT2D eigenvalue weighted by molar-refractivity contribution is -0.387. The van der Waals surface area contributed by atoms with Gasteiger partial charge in [-0.3, -0.25) is 14.9 Å². The molecule has 0 radical (unpaired) electrons. The van der Waals surface area contributed by atoms with Crippen LogP contribution >= 0.6 is 11.8 Å². The Morgan fingerprint density at radius 1 is 1.31 bits per heavy atom. The van der Waals surface area contributed by atoms with E-state index in [2.05, 4.69) is 15.5 Å². The molecule has 13 heteroatoms. The fraction of sp³-hybridized carbons (Fsp3) is 0.409. The minimum Gasteiger partial charge on any atom is -0.454 e. The van der Waals surface area contributed by atoms with Gasteiger partial charge in [0.1, 0.15) is 0 Å². The molecule has 1 aliphatic heterocycles. The molecule has 1 atom stereocenters. The number of hydrogen-bond donors (Lipinski definition) is 0. The summed E-state index contributed by atoms with van der Waals surface area (Å²) in [6.45, 7) is 4.71. The summed E-state index contributed by atoms with van der Waals surface area (Å²) < 4.78 is 14.3. The molecule has 0 saturated carbocycles. The molecule has 1 saturated heterocycles. The van der Waals surface area contributed by atoms with Crippen LogP contribution in [0.2, 0.25) is 0 Å². The zero-order chi connectivity index (χ0) is 25.1. The highest BCUT2D eigenvalue weighted by Crippen LogP contribution is 2.34. The van der Waals surface area contributed by atoms with E-state index < -0.39 is 17.5 Å². The third kappa shape index (κ3) is 5.41. The Balaban J connectivity index is 1.43.